The van der Waals surface area contributed by atoms with E-state index in [1.807, 2.05) is 22.8 Å². The summed E-state index contributed by atoms with van der Waals surface area (Å²) >= 11 is 0. The van der Waals surface area contributed by atoms with Crippen molar-refractivity contribution in [1.29, 1.82) is 0 Å². The van der Waals surface area contributed by atoms with Crippen molar-refractivity contribution in [3.63, 3.8) is 0 Å². The number of aliphatic hydroxyl groups is 1. The third-order valence-corrected chi connectivity index (χ3v) is 5.75. The van der Waals surface area contributed by atoms with Crippen LogP contribution in [0, 0.1) is 0 Å². The van der Waals surface area contributed by atoms with E-state index in [2.05, 4.69) is 9.98 Å². The quantitative estimate of drug-likeness (QED) is 0.561. The van der Waals surface area contributed by atoms with Crippen LogP contribution >= 0.6 is 0 Å². The van der Waals surface area contributed by atoms with Crippen LogP contribution in [0.25, 0.3) is 11.0 Å². The number of rotatable bonds is 5. The van der Waals surface area contributed by atoms with E-state index in [9.17, 15) is 19.5 Å². The number of aromatic amines is 1. The Morgan fingerprint density at radius 3 is 2.85 bits per heavy atom. The van der Waals surface area contributed by atoms with Crippen LogP contribution in [0.2, 0.25) is 0 Å². The number of anilines is 1. The summed E-state index contributed by atoms with van der Waals surface area (Å²) in [5.74, 6) is -0.975. The number of carbonyl (C=O) groups excluding carboxylic acids is 3. The number of morpholine rings is 1. The van der Waals surface area contributed by atoms with Crippen LogP contribution in [0.4, 0.5) is 5.69 Å². The van der Waals surface area contributed by atoms with Gasteiger partial charge in [-0.05, 0) is 42.8 Å². The highest BCUT2D eigenvalue weighted by atomic mass is 16.5. The first kappa shape index (κ1) is 21.1. The van der Waals surface area contributed by atoms with Crippen LogP contribution < -0.4 is 10.5 Å². The number of H-pyrrole nitrogens is 1. The van der Waals surface area contributed by atoms with Crippen LogP contribution in [0.1, 0.15) is 32.7 Å². The second-order valence-electron chi connectivity index (χ2n) is 7.84. The number of nitrogens with one attached hydrogen (secondary N) is 1. The third-order valence-electron chi connectivity index (χ3n) is 5.75. The zero-order valence-corrected chi connectivity index (χ0v) is 17.7. The molecule has 1 saturated heterocycles. The molecule has 0 bridgehead atoms. The largest absolute Gasteiger partial charge is 0.457 e. The Hall–Kier alpha value is -3.76. The van der Waals surface area contributed by atoms with Crippen molar-refractivity contribution in [2.75, 3.05) is 31.3 Å². The molecule has 0 saturated carbocycles. The van der Waals surface area contributed by atoms with Crippen LogP contribution in [0.15, 0.2) is 41.4 Å². The summed E-state index contributed by atoms with van der Waals surface area (Å²) in [7, 11) is 0. The molecule has 0 aliphatic carbocycles. The molecule has 0 unspecified atom stereocenters. The molecule has 1 aromatic heterocycles. The molecule has 3 aromatic rings. The van der Waals surface area contributed by atoms with Crippen LogP contribution in [-0.4, -0.2) is 58.8 Å². The van der Waals surface area contributed by atoms with Gasteiger partial charge in [0.15, 0.2) is 0 Å². The summed E-state index contributed by atoms with van der Waals surface area (Å²) in [4.78, 5) is 45.9. The minimum absolute atomic E-state index is 0.00767. The first-order chi connectivity index (χ1) is 16.0. The van der Waals surface area contributed by atoms with Gasteiger partial charge in [0.05, 0.1) is 23.2 Å². The van der Waals surface area contributed by atoms with E-state index in [1.54, 1.807) is 23.1 Å². The lowest BCUT2D eigenvalue weighted by atomic mass is 10.1. The number of benzene rings is 2. The molecule has 0 radical (unpaired) electrons. The molecule has 3 heterocycles. The van der Waals surface area contributed by atoms with Gasteiger partial charge < -0.3 is 29.0 Å². The van der Waals surface area contributed by atoms with Gasteiger partial charge in [0.1, 0.15) is 13.2 Å². The van der Waals surface area contributed by atoms with E-state index in [1.165, 1.54) is 0 Å². The van der Waals surface area contributed by atoms with Gasteiger partial charge in [0.25, 0.3) is 11.8 Å². The Kier molecular flexibility index (Phi) is 5.53. The zero-order valence-electron chi connectivity index (χ0n) is 17.7. The molecule has 33 heavy (non-hydrogen) atoms. The minimum Gasteiger partial charge on any atom is -0.457 e. The van der Waals surface area contributed by atoms with Gasteiger partial charge in [0, 0.05) is 36.5 Å². The first-order valence-electron chi connectivity index (χ1n) is 10.7. The van der Waals surface area contributed by atoms with E-state index in [-0.39, 0.29) is 25.7 Å². The number of aromatic nitrogens is 2. The fraction of sp³-hybridized carbons (Fsp3) is 0.304. The van der Waals surface area contributed by atoms with E-state index >= 15 is 0 Å². The highest BCUT2D eigenvalue weighted by Gasteiger charge is 2.23. The van der Waals surface area contributed by atoms with Gasteiger partial charge in [-0.15, -0.1) is 0 Å². The maximum Gasteiger partial charge on any atom is 0.338 e. The van der Waals surface area contributed by atoms with Gasteiger partial charge in [-0.2, -0.15) is 4.99 Å². The van der Waals surface area contributed by atoms with E-state index < -0.39 is 11.9 Å². The first-order valence-corrected chi connectivity index (χ1v) is 10.7. The number of amides is 2. The number of esters is 1. The summed E-state index contributed by atoms with van der Waals surface area (Å²) in [6.07, 6.45) is 0.482. The zero-order chi connectivity index (χ0) is 22.9. The topological polar surface area (TPSA) is 126 Å². The van der Waals surface area contributed by atoms with Gasteiger partial charge in [-0.3, -0.25) is 9.59 Å². The number of imidazole rings is 1. The molecule has 2 aliphatic heterocycles. The van der Waals surface area contributed by atoms with Crippen molar-refractivity contribution >= 4 is 34.5 Å². The molecule has 5 rings (SSSR count). The Labute approximate surface area is 188 Å². The van der Waals surface area contributed by atoms with Gasteiger partial charge in [0.2, 0.25) is 5.62 Å². The molecular formula is C23H22N4O6. The molecule has 1 fully saturated rings. The number of ether oxygens (including phenoxy) is 2. The van der Waals surface area contributed by atoms with Crippen LogP contribution in [-0.2, 0) is 27.4 Å². The van der Waals surface area contributed by atoms with Crippen molar-refractivity contribution in [3.05, 3.63) is 58.7 Å². The van der Waals surface area contributed by atoms with Crippen LogP contribution in [0.3, 0.4) is 0 Å². The molecule has 2 N–H and O–H groups in total. The SMILES string of the molecule is O=C(/N=c1\[nH]c2cc(N3CCOCC3=O)ccc2n1CCCO)c1ccc2c(c1)COC2=O. The number of fused-ring (bicyclic) bond motifs is 2. The molecule has 2 amide bonds. The summed E-state index contributed by atoms with van der Waals surface area (Å²) in [6, 6.07) is 10.3. The molecule has 2 aliphatic rings. The van der Waals surface area contributed by atoms with Crippen molar-refractivity contribution < 1.29 is 29.0 Å². The van der Waals surface area contributed by atoms with Crippen molar-refractivity contribution in [2.45, 2.75) is 19.6 Å². The molecule has 0 atom stereocenters. The lowest BCUT2D eigenvalue weighted by Gasteiger charge is -2.26. The number of nitrogens with zero attached hydrogens (tertiary/aromatic N) is 3. The standard InChI is InChI=1S/C23H22N4O6/c28-8-1-6-27-19-5-3-16(26-7-9-32-13-20(26)29)11-18(19)24-23(27)25-21(30)14-2-4-17-15(10-14)12-33-22(17)31/h2-5,10-11,28H,1,6-9,12-13H2,(H,24,25,30). The predicted octanol–water partition coefficient (Wildman–Crippen LogP) is 1.13. The smallest absolute Gasteiger partial charge is 0.338 e. The number of cyclic esters (lactones) is 1. The molecule has 0 spiro atoms. The molecule has 2 aromatic carbocycles. The Bertz CT molecular complexity index is 1340. The highest BCUT2D eigenvalue weighted by molar-refractivity contribution is 5.99. The fourth-order valence-electron chi connectivity index (χ4n) is 4.09. The molecule has 10 nitrogen and oxygen atoms in total. The predicted molar refractivity (Wildman–Crippen MR) is 117 cm³/mol. The second-order valence-corrected chi connectivity index (χ2v) is 7.84. The normalized spacial score (nSPS) is 16.4. The second kappa shape index (κ2) is 8.64. The van der Waals surface area contributed by atoms with E-state index in [0.717, 1.165) is 11.2 Å². The molecule has 170 valence electrons. The number of aryl methyl sites for hydroxylation is 1. The van der Waals surface area contributed by atoms with Crippen molar-refractivity contribution in [2.24, 2.45) is 4.99 Å². The summed E-state index contributed by atoms with van der Waals surface area (Å²) < 4.78 is 12.0. The third kappa shape index (κ3) is 3.94. The Morgan fingerprint density at radius 1 is 1.15 bits per heavy atom. The van der Waals surface area contributed by atoms with Gasteiger partial charge >= 0.3 is 5.97 Å². The van der Waals surface area contributed by atoms with E-state index in [4.69, 9.17) is 9.47 Å². The minimum atomic E-state index is -0.468. The molecular weight excluding hydrogens is 428 g/mol. The summed E-state index contributed by atoms with van der Waals surface area (Å²) in [6.45, 7) is 1.57. The average Bonchev–Trinajstić information content (AvgIpc) is 3.36. The monoisotopic (exact) mass is 450 g/mol. The number of carbonyl (C=O) groups is 3. The number of aliphatic hydroxyl groups excluding tert-OH is 1. The van der Waals surface area contributed by atoms with E-state index in [0.29, 0.717) is 53.9 Å². The summed E-state index contributed by atoms with van der Waals surface area (Å²) in [5.41, 5.74) is 4.04. The van der Waals surface area contributed by atoms with Gasteiger partial charge in [-0.25, -0.2) is 4.79 Å². The fourth-order valence-corrected chi connectivity index (χ4v) is 4.09. The lowest BCUT2D eigenvalue weighted by molar-refractivity contribution is -0.125. The Balaban J connectivity index is 1.54. The maximum atomic E-state index is 12.9. The van der Waals surface area contributed by atoms with Crippen LogP contribution in [0.5, 0.6) is 0 Å². The highest BCUT2D eigenvalue weighted by Crippen LogP contribution is 2.23. The van der Waals surface area contributed by atoms with Crippen molar-refractivity contribution in [1.82, 2.24) is 9.55 Å². The van der Waals surface area contributed by atoms with Gasteiger partial charge in [-0.1, -0.05) is 0 Å². The number of hydrogen-bond acceptors (Lipinski definition) is 6. The number of hydrogen-bond donors (Lipinski definition) is 2. The molecule has 10 heteroatoms. The Morgan fingerprint density at radius 2 is 2.03 bits per heavy atom. The maximum absolute atomic E-state index is 12.9. The summed E-state index contributed by atoms with van der Waals surface area (Å²) in [5, 5.41) is 9.33. The van der Waals surface area contributed by atoms with Crippen molar-refractivity contribution in [3.8, 4) is 0 Å². The average molecular weight is 450 g/mol. The lowest BCUT2D eigenvalue weighted by Crippen LogP contribution is -2.41.